The van der Waals surface area contributed by atoms with Crippen molar-refractivity contribution in [1.82, 2.24) is 9.97 Å². The number of aromatic amines is 1. The summed E-state index contributed by atoms with van der Waals surface area (Å²) < 4.78 is 16.3. The molecule has 0 fully saturated rings. The van der Waals surface area contributed by atoms with Crippen molar-refractivity contribution < 1.29 is 19.3 Å². The Morgan fingerprint density at radius 1 is 1.12 bits per heavy atom. The minimum atomic E-state index is -0.902. The molecule has 0 radical (unpaired) electrons. The van der Waals surface area contributed by atoms with Gasteiger partial charge in [0.05, 0.1) is 25.8 Å². The van der Waals surface area contributed by atoms with Crippen molar-refractivity contribution in [2.24, 2.45) is 0 Å². The van der Waals surface area contributed by atoms with Crippen molar-refractivity contribution in [2.75, 3.05) is 32.0 Å². The van der Waals surface area contributed by atoms with Gasteiger partial charge in [-0.3, -0.25) is 0 Å². The molecule has 0 unspecified atom stereocenters. The summed E-state index contributed by atoms with van der Waals surface area (Å²) in [5.41, 5.74) is 8.25. The fourth-order valence-electron chi connectivity index (χ4n) is 3.71. The van der Waals surface area contributed by atoms with Crippen LogP contribution in [0.25, 0.3) is 0 Å². The van der Waals surface area contributed by atoms with Crippen molar-refractivity contribution in [2.45, 2.75) is 31.4 Å². The van der Waals surface area contributed by atoms with Crippen LogP contribution < -0.4 is 15.4 Å². The van der Waals surface area contributed by atoms with Gasteiger partial charge in [-0.25, -0.2) is 4.98 Å². The second-order valence-corrected chi connectivity index (χ2v) is 7.73. The summed E-state index contributed by atoms with van der Waals surface area (Å²) in [7, 11) is 4.67. The second-order valence-electron chi connectivity index (χ2n) is 7.29. The Labute approximate surface area is 192 Å². The number of nitrogens with zero attached hydrogens (tertiary/aromatic N) is 2. The molecule has 0 amide bonds. The van der Waals surface area contributed by atoms with E-state index in [4.69, 9.17) is 31.5 Å². The fourth-order valence-corrected chi connectivity index (χ4v) is 3.84. The molecule has 32 heavy (non-hydrogen) atoms. The molecule has 0 aliphatic rings. The average molecular weight is 461 g/mol. The van der Waals surface area contributed by atoms with E-state index in [-0.39, 0.29) is 6.42 Å². The number of ether oxygens (including phenoxy) is 3. The monoisotopic (exact) mass is 460 g/mol. The van der Waals surface area contributed by atoms with Crippen LogP contribution in [0.5, 0.6) is 5.75 Å². The molecule has 0 saturated heterocycles. The molecule has 4 N–H and O–H groups in total. The van der Waals surface area contributed by atoms with Gasteiger partial charge >= 0.3 is 0 Å². The first-order valence-corrected chi connectivity index (χ1v) is 10.5. The third kappa shape index (κ3) is 5.72. The Kier molecular flexibility index (Phi) is 8.35. The fraction of sp³-hybridized carbons (Fsp3) is 0.348. The van der Waals surface area contributed by atoms with Crippen LogP contribution in [0.3, 0.4) is 0 Å². The largest absolute Gasteiger partial charge is 0.496 e. The van der Waals surface area contributed by atoms with Crippen LogP contribution in [-0.2, 0) is 16.0 Å². The molecule has 3 aromatic rings. The van der Waals surface area contributed by atoms with Crippen LogP contribution in [0.1, 0.15) is 23.9 Å². The number of nitrogens with one attached hydrogen (secondary N) is 1. The van der Waals surface area contributed by atoms with E-state index < -0.39 is 18.4 Å². The first-order valence-electron chi connectivity index (χ1n) is 10.1. The zero-order chi connectivity index (χ0) is 23.1. The second kappa shape index (κ2) is 11.2. The Hall–Kier alpha value is -2.78. The van der Waals surface area contributed by atoms with Crippen molar-refractivity contribution in [3.05, 3.63) is 71.3 Å². The van der Waals surface area contributed by atoms with Gasteiger partial charge in [0, 0.05) is 55.0 Å². The zero-order valence-corrected chi connectivity index (χ0v) is 19.1. The molecule has 8 nitrogen and oxygen atoms in total. The Morgan fingerprint density at radius 2 is 1.84 bits per heavy atom. The number of hydrogen-bond acceptors (Lipinski definition) is 7. The Balaban J connectivity index is 2.14. The summed E-state index contributed by atoms with van der Waals surface area (Å²) in [5, 5.41) is 12.1. The number of hydrogen-bond donors (Lipinski definition) is 3. The standard InChI is InChI=1S/C23H29ClN4O4/c1-30-20-9-6-16(25)12-18(20)23(19(29)13-22(31-2)32-3)28(14-21-26-10-11-27-21)17-7-4-15(24)5-8-17/h4-12,19,22-23,29H,13-14,25H2,1-3H3,(H,26,27)/t19-,23-/m0/s1. The first-order chi connectivity index (χ1) is 15.5. The number of benzene rings is 2. The van der Waals surface area contributed by atoms with Gasteiger partial charge in [-0.05, 0) is 42.5 Å². The van der Waals surface area contributed by atoms with Gasteiger partial charge in [-0.1, -0.05) is 11.6 Å². The van der Waals surface area contributed by atoms with Crippen LogP contribution in [0.2, 0.25) is 5.02 Å². The summed E-state index contributed by atoms with van der Waals surface area (Å²) in [6, 6.07) is 12.2. The first kappa shape index (κ1) is 23.9. The lowest BCUT2D eigenvalue weighted by Crippen LogP contribution is -2.39. The van der Waals surface area contributed by atoms with Gasteiger partial charge in [0.15, 0.2) is 6.29 Å². The smallest absolute Gasteiger partial charge is 0.159 e. The van der Waals surface area contributed by atoms with E-state index in [1.54, 1.807) is 43.8 Å². The minimum Gasteiger partial charge on any atom is -0.496 e. The van der Waals surface area contributed by atoms with Crippen LogP contribution in [0.15, 0.2) is 54.9 Å². The Bertz CT molecular complexity index is 965. The summed E-state index contributed by atoms with van der Waals surface area (Å²) in [5.74, 6) is 1.34. The third-order valence-electron chi connectivity index (χ3n) is 5.27. The summed E-state index contributed by atoms with van der Waals surface area (Å²) in [4.78, 5) is 9.54. The highest BCUT2D eigenvalue weighted by Crippen LogP contribution is 2.38. The van der Waals surface area contributed by atoms with Crippen LogP contribution in [0.4, 0.5) is 11.4 Å². The third-order valence-corrected chi connectivity index (χ3v) is 5.52. The molecular formula is C23H29ClN4O4. The van der Waals surface area contributed by atoms with E-state index in [9.17, 15) is 5.11 Å². The van der Waals surface area contributed by atoms with Gasteiger partial charge in [-0.15, -0.1) is 0 Å². The predicted octanol–water partition coefficient (Wildman–Crippen LogP) is 3.77. The van der Waals surface area contributed by atoms with E-state index in [0.29, 0.717) is 23.0 Å². The van der Waals surface area contributed by atoms with Crippen LogP contribution in [0, 0.1) is 0 Å². The van der Waals surface area contributed by atoms with E-state index >= 15 is 0 Å². The molecule has 3 rings (SSSR count). The van der Waals surface area contributed by atoms with Crippen molar-refractivity contribution in [3.63, 3.8) is 0 Å². The van der Waals surface area contributed by atoms with Crippen molar-refractivity contribution in [3.8, 4) is 5.75 Å². The van der Waals surface area contributed by atoms with Crippen LogP contribution >= 0.6 is 11.6 Å². The average Bonchev–Trinajstić information content (AvgIpc) is 3.31. The number of nitrogens with two attached hydrogens (primary N) is 1. The zero-order valence-electron chi connectivity index (χ0n) is 18.4. The maximum atomic E-state index is 11.5. The number of imidazole rings is 1. The van der Waals surface area contributed by atoms with Gasteiger partial charge in [0.25, 0.3) is 0 Å². The minimum absolute atomic E-state index is 0.220. The summed E-state index contributed by atoms with van der Waals surface area (Å²) in [6.45, 7) is 0.388. The number of aromatic nitrogens is 2. The maximum absolute atomic E-state index is 11.5. The number of nitrogen functional groups attached to an aromatic ring is 1. The van der Waals surface area contributed by atoms with E-state index in [2.05, 4.69) is 9.97 Å². The number of halogens is 1. The summed E-state index contributed by atoms with van der Waals surface area (Å²) >= 11 is 6.14. The molecule has 0 bridgehead atoms. The molecule has 9 heteroatoms. The van der Waals surface area contributed by atoms with Gasteiger partial charge in [0.2, 0.25) is 0 Å². The molecule has 2 aromatic carbocycles. The van der Waals surface area contributed by atoms with Crippen LogP contribution in [-0.4, -0.2) is 48.8 Å². The molecule has 0 saturated carbocycles. The lowest BCUT2D eigenvalue weighted by Gasteiger charge is -2.38. The molecule has 0 aliphatic heterocycles. The predicted molar refractivity (Wildman–Crippen MR) is 125 cm³/mol. The van der Waals surface area contributed by atoms with Crippen molar-refractivity contribution >= 4 is 23.0 Å². The number of anilines is 2. The normalized spacial score (nSPS) is 13.2. The molecular weight excluding hydrogens is 432 g/mol. The molecule has 0 spiro atoms. The highest BCUT2D eigenvalue weighted by molar-refractivity contribution is 6.30. The SMILES string of the molecule is COc1ccc(N)cc1[C@@H]([C@@H](O)CC(OC)OC)N(Cc1ncc[nH]1)c1ccc(Cl)cc1. The number of methoxy groups -OCH3 is 3. The van der Waals surface area contributed by atoms with E-state index in [1.807, 2.05) is 23.1 Å². The van der Waals surface area contributed by atoms with Gasteiger partial charge in [-0.2, -0.15) is 0 Å². The van der Waals surface area contributed by atoms with Gasteiger partial charge in [0.1, 0.15) is 11.6 Å². The summed E-state index contributed by atoms with van der Waals surface area (Å²) in [6.07, 6.45) is 2.18. The number of rotatable bonds is 11. The molecule has 1 heterocycles. The van der Waals surface area contributed by atoms with E-state index in [0.717, 1.165) is 17.1 Å². The lowest BCUT2D eigenvalue weighted by molar-refractivity contribution is -0.124. The maximum Gasteiger partial charge on any atom is 0.159 e. The van der Waals surface area contributed by atoms with Gasteiger partial charge < -0.3 is 34.9 Å². The van der Waals surface area contributed by atoms with E-state index in [1.165, 1.54) is 14.2 Å². The molecule has 1 aromatic heterocycles. The molecule has 2 atom stereocenters. The highest BCUT2D eigenvalue weighted by atomic mass is 35.5. The number of H-pyrrole nitrogens is 1. The number of aliphatic hydroxyl groups is 1. The highest BCUT2D eigenvalue weighted by Gasteiger charge is 2.33. The molecule has 0 aliphatic carbocycles. The Morgan fingerprint density at radius 3 is 2.44 bits per heavy atom. The lowest BCUT2D eigenvalue weighted by atomic mass is 9.94. The van der Waals surface area contributed by atoms with Crippen molar-refractivity contribution in [1.29, 1.82) is 0 Å². The topological polar surface area (TPSA) is 106 Å². The quantitative estimate of drug-likeness (QED) is 0.295. The molecule has 172 valence electrons. The number of aliphatic hydroxyl groups excluding tert-OH is 1.